The molecule has 1 rings (SSSR count). The van der Waals surface area contributed by atoms with E-state index < -0.39 is 11.0 Å². The highest BCUT2D eigenvalue weighted by atomic mass is 16.6. The van der Waals surface area contributed by atoms with Crippen molar-refractivity contribution in [2.45, 2.75) is 32.7 Å². The Labute approximate surface area is 113 Å². The van der Waals surface area contributed by atoms with Crippen molar-refractivity contribution in [3.05, 3.63) is 39.9 Å². The van der Waals surface area contributed by atoms with Crippen molar-refractivity contribution in [2.75, 3.05) is 13.1 Å². The van der Waals surface area contributed by atoms with E-state index in [1.807, 2.05) is 11.8 Å². The molecule has 5 heteroatoms. The summed E-state index contributed by atoms with van der Waals surface area (Å²) in [5.41, 5.74) is 0.497. The number of nitriles is 1. The molecule has 1 aromatic carbocycles. The largest absolute Gasteiger partial charge is 0.284 e. The predicted octanol–water partition coefficient (Wildman–Crippen LogP) is 3.28. The van der Waals surface area contributed by atoms with Gasteiger partial charge in [0.25, 0.3) is 5.69 Å². The monoisotopic (exact) mass is 261 g/mol. The zero-order chi connectivity index (χ0) is 14.3. The molecule has 0 aliphatic rings. The van der Waals surface area contributed by atoms with Crippen LogP contribution in [0.25, 0.3) is 0 Å². The molecule has 0 amide bonds. The van der Waals surface area contributed by atoms with Crippen LogP contribution in [0.4, 0.5) is 5.69 Å². The van der Waals surface area contributed by atoms with Crippen molar-refractivity contribution in [2.24, 2.45) is 0 Å². The summed E-state index contributed by atoms with van der Waals surface area (Å²) >= 11 is 0. The molecule has 5 nitrogen and oxygen atoms in total. The standard InChI is InChI=1S/C14H19N3O2/c1-3-5-10-16(4-2)14(11-15)12-8-6-7-9-13(12)17(18)19/h6-9,14H,3-5,10H2,1-2H3. The summed E-state index contributed by atoms with van der Waals surface area (Å²) in [6.07, 6.45) is 2.01. The number of nitro groups is 1. The van der Waals surface area contributed by atoms with Gasteiger partial charge in [0.05, 0.1) is 16.6 Å². The average Bonchev–Trinajstić information content (AvgIpc) is 2.43. The minimum absolute atomic E-state index is 0.0176. The molecule has 0 saturated heterocycles. The fourth-order valence-corrected chi connectivity index (χ4v) is 2.06. The smallest absolute Gasteiger partial charge is 0.275 e. The van der Waals surface area contributed by atoms with E-state index in [0.717, 1.165) is 19.4 Å². The quantitative estimate of drug-likeness (QED) is 0.558. The third-order valence-corrected chi connectivity index (χ3v) is 3.12. The van der Waals surface area contributed by atoms with E-state index in [9.17, 15) is 15.4 Å². The van der Waals surface area contributed by atoms with E-state index in [0.29, 0.717) is 12.1 Å². The van der Waals surface area contributed by atoms with Crippen LogP contribution >= 0.6 is 0 Å². The van der Waals surface area contributed by atoms with Gasteiger partial charge >= 0.3 is 0 Å². The SMILES string of the molecule is CCCCN(CC)C(C#N)c1ccccc1[N+](=O)[O-]. The number of hydrogen-bond donors (Lipinski definition) is 0. The second-order valence-electron chi connectivity index (χ2n) is 4.33. The molecular formula is C14H19N3O2. The molecule has 102 valence electrons. The highest BCUT2D eigenvalue weighted by Crippen LogP contribution is 2.28. The van der Waals surface area contributed by atoms with Crippen LogP contribution in [0, 0.1) is 21.4 Å². The summed E-state index contributed by atoms with van der Waals surface area (Å²) in [5, 5.41) is 20.4. The minimum atomic E-state index is -0.557. The summed E-state index contributed by atoms with van der Waals surface area (Å²) in [5.74, 6) is 0. The van der Waals surface area contributed by atoms with Gasteiger partial charge in [0, 0.05) is 6.07 Å². The fourth-order valence-electron chi connectivity index (χ4n) is 2.06. The zero-order valence-corrected chi connectivity index (χ0v) is 11.4. The molecule has 0 spiro atoms. The Hall–Kier alpha value is -1.93. The number of hydrogen-bond acceptors (Lipinski definition) is 4. The molecule has 1 aromatic rings. The molecular weight excluding hydrogens is 242 g/mol. The average molecular weight is 261 g/mol. The zero-order valence-electron chi connectivity index (χ0n) is 11.4. The Balaban J connectivity index is 3.09. The summed E-state index contributed by atoms with van der Waals surface area (Å²) in [6, 6.07) is 8.12. The molecule has 0 bridgehead atoms. The first-order valence-electron chi connectivity index (χ1n) is 6.52. The first kappa shape index (κ1) is 15.1. The van der Waals surface area contributed by atoms with Crippen LogP contribution in [0.1, 0.15) is 38.3 Å². The Bertz CT molecular complexity index is 468. The molecule has 0 N–H and O–H groups in total. The summed E-state index contributed by atoms with van der Waals surface area (Å²) in [7, 11) is 0. The van der Waals surface area contributed by atoms with E-state index in [1.54, 1.807) is 18.2 Å². The number of para-hydroxylation sites is 1. The summed E-state index contributed by atoms with van der Waals surface area (Å²) in [6.45, 7) is 5.52. The molecule has 1 unspecified atom stereocenters. The molecule has 19 heavy (non-hydrogen) atoms. The van der Waals surface area contributed by atoms with Crippen LogP contribution in [0.3, 0.4) is 0 Å². The van der Waals surface area contributed by atoms with Crippen LogP contribution < -0.4 is 0 Å². The lowest BCUT2D eigenvalue weighted by molar-refractivity contribution is -0.385. The third-order valence-electron chi connectivity index (χ3n) is 3.12. The second kappa shape index (κ2) is 7.49. The van der Waals surface area contributed by atoms with Gasteiger partial charge in [0.2, 0.25) is 0 Å². The molecule has 0 fully saturated rings. The van der Waals surface area contributed by atoms with Crippen molar-refractivity contribution in [3.63, 3.8) is 0 Å². The van der Waals surface area contributed by atoms with Crippen molar-refractivity contribution < 1.29 is 4.92 Å². The highest BCUT2D eigenvalue weighted by molar-refractivity contribution is 5.44. The Morgan fingerprint density at radius 2 is 2.11 bits per heavy atom. The van der Waals surface area contributed by atoms with Crippen LogP contribution in [0.2, 0.25) is 0 Å². The highest BCUT2D eigenvalue weighted by Gasteiger charge is 2.25. The number of benzene rings is 1. The Kier molecular flexibility index (Phi) is 5.97. The van der Waals surface area contributed by atoms with Gasteiger partial charge in [-0.1, -0.05) is 32.4 Å². The fraction of sp³-hybridized carbons (Fsp3) is 0.500. The number of nitro benzene ring substituents is 1. The lowest BCUT2D eigenvalue weighted by Crippen LogP contribution is -2.29. The van der Waals surface area contributed by atoms with Gasteiger partial charge in [-0.3, -0.25) is 15.0 Å². The van der Waals surface area contributed by atoms with Crippen molar-refractivity contribution in [1.29, 1.82) is 5.26 Å². The van der Waals surface area contributed by atoms with E-state index in [4.69, 9.17) is 0 Å². The lowest BCUT2D eigenvalue weighted by atomic mass is 10.0. The van der Waals surface area contributed by atoms with E-state index in [2.05, 4.69) is 13.0 Å². The van der Waals surface area contributed by atoms with Crippen LogP contribution in [-0.2, 0) is 0 Å². The molecule has 0 aromatic heterocycles. The van der Waals surface area contributed by atoms with Gasteiger partial charge in [0.1, 0.15) is 6.04 Å². The molecule has 0 saturated carbocycles. The maximum absolute atomic E-state index is 11.0. The van der Waals surface area contributed by atoms with E-state index in [1.165, 1.54) is 6.07 Å². The van der Waals surface area contributed by atoms with Gasteiger partial charge in [0.15, 0.2) is 0 Å². The van der Waals surface area contributed by atoms with Crippen LogP contribution in [0.5, 0.6) is 0 Å². The first-order valence-corrected chi connectivity index (χ1v) is 6.52. The van der Waals surface area contributed by atoms with Gasteiger partial charge in [-0.15, -0.1) is 0 Å². The van der Waals surface area contributed by atoms with Crippen molar-refractivity contribution in [3.8, 4) is 6.07 Å². The molecule has 0 radical (unpaired) electrons. The topological polar surface area (TPSA) is 70.2 Å². The summed E-state index contributed by atoms with van der Waals surface area (Å²) in [4.78, 5) is 12.6. The number of nitrogens with zero attached hydrogens (tertiary/aromatic N) is 3. The van der Waals surface area contributed by atoms with E-state index >= 15 is 0 Å². The van der Waals surface area contributed by atoms with Crippen molar-refractivity contribution >= 4 is 5.69 Å². The number of rotatable bonds is 7. The lowest BCUT2D eigenvalue weighted by Gasteiger charge is -2.25. The van der Waals surface area contributed by atoms with Gasteiger partial charge < -0.3 is 0 Å². The van der Waals surface area contributed by atoms with Gasteiger partial charge in [-0.05, 0) is 25.6 Å². The molecule has 0 heterocycles. The second-order valence-corrected chi connectivity index (χ2v) is 4.33. The predicted molar refractivity (Wildman–Crippen MR) is 73.6 cm³/mol. The normalized spacial score (nSPS) is 12.1. The molecule has 0 aliphatic heterocycles. The van der Waals surface area contributed by atoms with E-state index in [-0.39, 0.29) is 5.69 Å². The van der Waals surface area contributed by atoms with Crippen LogP contribution in [-0.4, -0.2) is 22.9 Å². The van der Waals surface area contributed by atoms with Gasteiger partial charge in [-0.25, -0.2) is 0 Å². The Morgan fingerprint density at radius 1 is 1.42 bits per heavy atom. The van der Waals surface area contributed by atoms with Crippen LogP contribution in [0.15, 0.2) is 24.3 Å². The first-order chi connectivity index (χ1) is 9.15. The number of unbranched alkanes of at least 4 members (excludes halogenated alkanes) is 1. The third kappa shape index (κ3) is 3.76. The maximum Gasteiger partial charge on any atom is 0.275 e. The minimum Gasteiger partial charge on any atom is -0.284 e. The Morgan fingerprint density at radius 3 is 2.63 bits per heavy atom. The van der Waals surface area contributed by atoms with Gasteiger partial charge in [-0.2, -0.15) is 5.26 Å². The molecule has 1 atom stereocenters. The maximum atomic E-state index is 11.0. The van der Waals surface area contributed by atoms with Crippen molar-refractivity contribution in [1.82, 2.24) is 4.90 Å². The summed E-state index contributed by atoms with van der Waals surface area (Å²) < 4.78 is 0. The molecule has 0 aliphatic carbocycles.